The molecular formula is C11H15NO5S. The van der Waals surface area contributed by atoms with E-state index < -0.39 is 21.2 Å². The van der Waals surface area contributed by atoms with Crippen LogP contribution in [0.3, 0.4) is 0 Å². The van der Waals surface area contributed by atoms with Crippen LogP contribution in [0.15, 0.2) is 24.3 Å². The number of rotatable bonds is 5. The number of sulfonamides is 1. The molecule has 0 amide bonds. The van der Waals surface area contributed by atoms with Crippen molar-refractivity contribution in [2.24, 2.45) is 0 Å². The van der Waals surface area contributed by atoms with Crippen molar-refractivity contribution in [3.63, 3.8) is 0 Å². The van der Waals surface area contributed by atoms with Gasteiger partial charge in [0.2, 0.25) is 10.0 Å². The average molecular weight is 273 g/mol. The van der Waals surface area contributed by atoms with Crippen molar-refractivity contribution in [2.75, 3.05) is 18.5 Å². The van der Waals surface area contributed by atoms with Gasteiger partial charge < -0.3 is 9.84 Å². The molecule has 1 unspecified atom stereocenters. The minimum absolute atomic E-state index is 0.349. The Morgan fingerprint density at radius 2 is 2.06 bits per heavy atom. The Balaban J connectivity index is 3.13. The van der Waals surface area contributed by atoms with Crippen LogP contribution < -0.4 is 9.04 Å². The predicted molar refractivity (Wildman–Crippen MR) is 67.4 cm³/mol. The molecule has 0 bridgehead atoms. The number of carboxylic acids is 1. The van der Waals surface area contributed by atoms with Crippen molar-refractivity contribution in [1.29, 1.82) is 0 Å². The van der Waals surface area contributed by atoms with E-state index in [1.165, 1.54) is 20.2 Å². The van der Waals surface area contributed by atoms with Gasteiger partial charge in [-0.1, -0.05) is 6.07 Å². The lowest BCUT2D eigenvalue weighted by molar-refractivity contribution is -0.136. The molecule has 0 heterocycles. The van der Waals surface area contributed by atoms with E-state index in [2.05, 4.69) is 0 Å². The largest absolute Gasteiger partial charge is 0.497 e. The van der Waals surface area contributed by atoms with Crippen LogP contribution in [0.1, 0.15) is 6.92 Å². The molecule has 0 aliphatic rings. The third-order valence-corrected chi connectivity index (χ3v) is 4.66. The molecule has 1 rings (SSSR count). The Hall–Kier alpha value is -1.76. The van der Waals surface area contributed by atoms with Gasteiger partial charge in [-0.2, -0.15) is 0 Å². The van der Waals surface area contributed by atoms with Crippen molar-refractivity contribution in [3.8, 4) is 5.75 Å². The first-order valence-electron chi connectivity index (χ1n) is 5.15. The summed E-state index contributed by atoms with van der Waals surface area (Å²) in [4.78, 5) is 10.8. The smallest absolute Gasteiger partial charge is 0.323 e. The fourth-order valence-corrected chi connectivity index (χ4v) is 2.45. The molecule has 18 heavy (non-hydrogen) atoms. The third-order valence-electron chi connectivity index (χ3n) is 2.59. The molecule has 1 aromatic carbocycles. The van der Waals surface area contributed by atoms with Crippen LogP contribution >= 0.6 is 0 Å². The maximum absolute atomic E-state index is 12.0. The van der Waals surface area contributed by atoms with Crippen LogP contribution in [-0.2, 0) is 14.8 Å². The summed E-state index contributed by atoms with van der Waals surface area (Å²) in [5, 5.41) is 7.28. The first-order valence-corrected chi connectivity index (χ1v) is 6.65. The topological polar surface area (TPSA) is 83.9 Å². The summed E-state index contributed by atoms with van der Waals surface area (Å²) in [6.07, 6.45) is 0. The molecule has 0 saturated heterocycles. The summed E-state index contributed by atoms with van der Waals surface area (Å²) in [5.74, 6) is -0.887. The zero-order valence-electron chi connectivity index (χ0n) is 10.3. The number of hydrogen-bond acceptors (Lipinski definition) is 4. The number of hydrogen-bond donors (Lipinski definition) is 1. The van der Waals surface area contributed by atoms with Gasteiger partial charge in [0.25, 0.3) is 0 Å². The van der Waals surface area contributed by atoms with Crippen LogP contribution in [0.5, 0.6) is 5.75 Å². The quantitative estimate of drug-likeness (QED) is 0.863. The second kappa shape index (κ2) is 5.26. The fraction of sp³-hybridized carbons (Fsp3) is 0.364. The van der Waals surface area contributed by atoms with Gasteiger partial charge in [0.1, 0.15) is 5.75 Å². The Morgan fingerprint density at radius 3 is 2.56 bits per heavy atom. The van der Waals surface area contributed by atoms with Crippen molar-refractivity contribution >= 4 is 21.7 Å². The van der Waals surface area contributed by atoms with E-state index in [0.717, 1.165) is 11.2 Å². The minimum Gasteiger partial charge on any atom is -0.497 e. The summed E-state index contributed by atoms with van der Waals surface area (Å²) in [7, 11) is -1.16. The lowest BCUT2D eigenvalue weighted by atomic mass is 10.3. The summed E-state index contributed by atoms with van der Waals surface area (Å²) >= 11 is 0. The number of carboxylic acid groups (broad SMARTS) is 1. The number of nitrogens with zero attached hydrogens (tertiary/aromatic N) is 1. The highest BCUT2D eigenvalue weighted by molar-refractivity contribution is 7.94. The van der Waals surface area contributed by atoms with Gasteiger partial charge in [0.15, 0.2) is 5.25 Å². The van der Waals surface area contributed by atoms with Gasteiger partial charge in [-0.05, 0) is 19.1 Å². The molecule has 7 heteroatoms. The standard InChI is InChI=1S/C11H15NO5S/c1-8(11(13)14)18(15,16)12(2)9-5-4-6-10(7-9)17-3/h4-8H,1-3H3,(H,13,14). The van der Waals surface area contributed by atoms with Crippen molar-refractivity contribution in [2.45, 2.75) is 12.2 Å². The highest BCUT2D eigenvalue weighted by Gasteiger charge is 2.32. The second-order valence-electron chi connectivity index (χ2n) is 3.69. The van der Waals surface area contributed by atoms with Crippen LogP contribution in [-0.4, -0.2) is 38.9 Å². The van der Waals surface area contributed by atoms with Crippen molar-refractivity contribution in [1.82, 2.24) is 0 Å². The van der Waals surface area contributed by atoms with Crippen molar-refractivity contribution in [3.05, 3.63) is 24.3 Å². The lowest BCUT2D eigenvalue weighted by Crippen LogP contribution is -2.38. The van der Waals surface area contributed by atoms with Gasteiger partial charge in [-0.15, -0.1) is 0 Å². The zero-order chi connectivity index (χ0) is 13.9. The van der Waals surface area contributed by atoms with Gasteiger partial charge in [-0.25, -0.2) is 8.42 Å². The first kappa shape index (κ1) is 14.3. The van der Waals surface area contributed by atoms with Crippen LogP contribution in [0.4, 0.5) is 5.69 Å². The molecule has 0 radical (unpaired) electrons. The Bertz CT molecular complexity index is 540. The van der Waals surface area contributed by atoms with E-state index in [0.29, 0.717) is 11.4 Å². The monoisotopic (exact) mass is 273 g/mol. The van der Waals surface area contributed by atoms with E-state index >= 15 is 0 Å². The molecule has 100 valence electrons. The molecule has 0 aromatic heterocycles. The Morgan fingerprint density at radius 1 is 1.44 bits per heavy atom. The van der Waals surface area contributed by atoms with E-state index in [1.807, 2.05) is 0 Å². The Kier molecular flexibility index (Phi) is 4.18. The normalized spacial score (nSPS) is 12.8. The highest BCUT2D eigenvalue weighted by Crippen LogP contribution is 2.23. The van der Waals surface area contributed by atoms with E-state index in [1.54, 1.807) is 18.2 Å². The summed E-state index contributed by atoms with van der Waals surface area (Å²) in [6.45, 7) is 1.13. The average Bonchev–Trinajstić information content (AvgIpc) is 2.36. The number of aliphatic carboxylic acids is 1. The minimum atomic E-state index is -3.94. The fourth-order valence-electron chi connectivity index (χ4n) is 1.32. The molecule has 0 aliphatic heterocycles. The molecule has 6 nitrogen and oxygen atoms in total. The number of methoxy groups -OCH3 is 1. The first-order chi connectivity index (χ1) is 8.30. The van der Waals surface area contributed by atoms with Gasteiger partial charge in [-0.3, -0.25) is 9.10 Å². The molecule has 1 atom stereocenters. The van der Waals surface area contributed by atoms with Crippen LogP contribution in [0.25, 0.3) is 0 Å². The van der Waals surface area contributed by atoms with Gasteiger partial charge in [0.05, 0.1) is 12.8 Å². The zero-order valence-corrected chi connectivity index (χ0v) is 11.1. The van der Waals surface area contributed by atoms with Gasteiger partial charge >= 0.3 is 5.97 Å². The number of benzene rings is 1. The summed E-state index contributed by atoms with van der Waals surface area (Å²) in [5.41, 5.74) is 0.349. The lowest BCUT2D eigenvalue weighted by Gasteiger charge is -2.22. The maximum Gasteiger partial charge on any atom is 0.323 e. The van der Waals surface area contributed by atoms with E-state index in [9.17, 15) is 13.2 Å². The molecular weight excluding hydrogens is 258 g/mol. The van der Waals surface area contributed by atoms with Crippen molar-refractivity contribution < 1.29 is 23.1 Å². The molecule has 0 aliphatic carbocycles. The summed E-state index contributed by atoms with van der Waals surface area (Å²) in [6, 6.07) is 6.39. The second-order valence-corrected chi connectivity index (χ2v) is 5.98. The van der Waals surface area contributed by atoms with Crippen LogP contribution in [0.2, 0.25) is 0 Å². The highest BCUT2D eigenvalue weighted by atomic mass is 32.2. The molecule has 0 saturated carbocycles. The molecule has 0 spiro atoms. The third kappa shape index (κ3) is 2.73. The molecule has 1 N–H and O–H groups in total. The van der Waals surface area contributed by atoms with E-state index in [-0.39, 0.29) is 0 Å². The van der Waals surface area contributed by atoms with Crippen LogP contribution in [0, 0.1) is 0 Å². The maximum atomic E-state index is 12.0. The number of anilines is 1. The molecule has 0 fully saturated rings. The Labute approximate surface area is 106 Å². The number of carbonyl (C=O) groups is 1. The number of ether oxygens (including phenoxy) is 1. The predicted octanol–water partition coefficient (Wildman–Crippen LogP) is 0.934. The molecule has 1 aromatic rings. The summed E-state index contributed by atoms with van der Waals surface area (Å²) < 4.78 is 29.9. The van der Waals surface area contributed by atoms with E-state index in [4.69, 9.17) is 9.84 Å². The SMILES string of the molecule is COc1cccc(N(C)S(=O)(=O)C(C)C(=O)O)c1. The van der Waals surface area contributed by atoms with Gasteiger partial charge in [0, 0.05) is 13.1 Å².